The Morgan fingerprint density at radius 2 is 2.21 bits per heavy atom. The molecule has 1 N–H and O–H groups in total. The summed E-state index contributed by atoms with van der Waals surface area (Å²) in [6.45, 7) is 8.81. The number of aliphatic imine (C=N–C) groups is 1. The van der Waals surface area contributed by atoms with E-state index in [1.165, 1.54) is 19.3 Å². The van der Waals surface area contributed by atoms with Crippen LogP contribution in [-0.2, 0) is 4.74 Å². The molecule has 1 saturated carbocycles. The van der Waals surface area contributed by atoms with Gasteiger partial charge in [0.15, 0.2) is 5.96 Å². The summed E-state index contributed by atoms with van der Waals surface area (Å²) in [7, 11) is 4.00. The number of hydrogen-bond acceptors (Lipinski definition) is 2. The van der Waals surface area contributed by atoms with Crippen molar-refractivity contribution in [1.82, 2.24) is 10.2 Å². The van der Waals surface area contributed by atoms with Gasteiger partial charge in [0.1, 0.15) is 0 Å². The first kappa shape index (κ1) is 14.6. The van der Waals surface area contributed by atoms with Crippen LogP contribution in [0.5, 0.6) is 0 Å². The lowest BCUT2D eigenvalue weighted by atomic mass is 9.57. The van der Waals surface area contributed by atoms with Crippen molar-refractivity contribution in [2.45, 2.75) is 52.2 Å². The Morgan fingerprint density at radius 3 is 2.84 bits per heavy atom. The molecule has 0 aromatic rings. The van der Waals surface area contributed by atoms with Crippen LogP contribution in [0.1, 0.15) is 40.0 Å². The zero-order valence-electron chi connectivity index (χ0n) is 13.1. The number of fused-ring (bicyclic) bond motifs is 1. The molecule has 19 heavy (non-hydrogen) atoms. The minimum atomic E-state index is 0.211. The zero-order valence-corrected chi connectivity index (χ0v) is 13.1. The lowest BCUT2D eigenvalue weighted by molar-refractivity contribution is -0.107. The minimum absolute atomic E-state index is 0.211. The maximum absolute atomic E-state index is 5.84. The predicted octanol–water partition coefficient (Wildman–Crippen LogP) is 2.11. The van der Waals surface area contributed by atoms with Gasteiger partial charge in [-0.05, 0) is 12.8 Å². The van der Waals surface area contributed by atoms with Gasteiger partial charge in [0.25, 0.3) is 0 Å². The van der Waals surface area contributed by atoms with Crippen LogP contribution in [0.3, 0.4) is 0 Å². The smallest absolute Gasteiger partial charge is 0.193 e. The molecular weight excluding hydrogens is 238 g/mol. The summed E-state index contributed by atoms with van der Waals surface area (Å²) in [6.07, 6.45) is 4.04. The van der Waals surface area contributed by atoms with Crippen LogP contribution in [0, 0.1) is 11.3 Å². The number of nitrogens with zero attached hydrogens (tertiary/aromatic N) is 2. The average Bonchev–Trinajstić information content (AvgIpc) is 2.83. The number of hydrogen-bond donors (Lipinski definition) is 1. The molecule has 0 amide bonds. The summed E-state index contributed by atoms with van der Waals surface area (Å²) >= 11 is 0. The maximum atomic E-state index is 5.84. The van der Waals surface area contributed by atoms with Crippen molar-refractivity contribution in [3.8, 4) is 0 Å². The molecule has 0 spiro atoms. The van der Waals surface area contributed by atoms with Crippen molar-refractivity contribution in [2.24, 2.45) is 16.3 Å². The van der Waals surface area contributed by atoms with Crippen molar-refractivity contribution in [3.63, 3.8) is 0 Å². The van der Waals surface area contributed by atoms with E-state index in [4.69, 9.17) is 4.74 Å². The SMILES string of the molecule is CCCCN(C)C(=NC)NC1C2CCOC2C1(C)C. The number of unbranched alkanes of at least 4 members (excludes halogenated alkanes) is 1. The largest absolute Gasteiger partial charge is 0.377 e. The normalized spacial score (nSPS) is 32.7. The maximum Gasteiger partial charge on any atom is 0.193 e. The van der Waals surface area contributed by atoms with Crippen LogP contribution < -0.4 is 5.32 Å². The van der Waals surface area contributed by atoms with E-state index in [1.807, 2.05) is 7.05 Å². The molecule has 1 saturated heterocycles. The summed E-state index contributed by atoms with van der Waals surface area (Å²) in [5, 5.41) is 3.67. The van der Waals surface area contributed by atoms with E-state index in [9.17, 15) is 0 Å². The van der Waals surface area contributed by atoms with Crippen LogP contribution in [0.4, 0.5) is 0 Å². The lowest BCUT2D eigenvalue weighted by Crippen LogP contribution is -2.68. The van der Waals surface area contributed by atoms with Crippen molar-refractivity contribution < 1.29 is 4.74 Å². The molecule has 1 aliphatic carbocycles. The molecule has 0 bridgehead atoms. The van der Waals surface area contributed by atoms with Crippen LogP contribution in [0.25, 0.3) is 0 Å². The van der Waals surface area contributed by atoms with Crippen molar-refractivity contribution >= 4 is 5.96 Å². The third-order valence-corrected chi connectivity index (χ3v) is 4.81. The van der Waals surface area contributed by atoms with Gasteiger partial charge in [-0.3, -0.25) is 4.99 Å². The first-order chi connectivity index (χ1) is 9.02. The highest BCUT2D eigenvalue weighted by Crippen LogP contribution is 2.52. The van der Waals surface area contributed by atoms with Crippen LogP contribution >= 0.6 is 0 Å². The molecule has 4 heteroatoms. The fourth-order valence-electron chi connectivity index (χ4n) is 3.60. The molecule has 3 atom stereocenters. The van der Waals surface area contributed by atoms with Gasteiger partial charge < -0.3 is 15.0 Å². The van der Waals surface area contributed by atoms with Crippen LogP contribution in [-0.4, -0.2) is 50.3 Å². The van der Waals surface area contributed by atoms with E-state index in [1.54, 1.807) is 0 Å². The topological polar surface area (TPSA) is 36.9 Å². The average molecular weight is 267 g/mol. The minimum Gasteiger partial charge on any atom is -0.377 e. The number of guanidine groups is 1. The molecule has 2 fully saturated rings. The molecule has 0 radical (unpaired) electrons. The van der Waals surface area contributed by atoms with Gasteiger partial charge >= 0.3 is 0 Å². The van der Waals surface area contributed by atoms with E-state index in [0.29, 0.717) is 18.1 Å². The molecule has 1 aliphatic heterocycles. The Kier molecular flexibility index (Phi) is 4.39. The summed E-state index contributed by atoms with van der Waals surface area (Å²) in [6, 6.07) is 0.489. The van der Waals surface area contributed by atoms with Gasteiger partial charge in [-0.2, -0.15) is 0 Å². The number of ether oxygens (including phenoxy) is 1. The quantitative estimate of drug-likeness (QED) is 0.626. The summed E-state index contributed by atoms with van der Waals surface area (Å²) in [4.78, 5) is 6.67. The van der Waals surface area contributed by atoms with Gasteiger partial charge in [-0.25, -0.2) is 0 Å². The van der Waals surface area contributed by atoms with Crippen LogP contribution in [0.15, 0.2) is 4.99 Å². The van der Waals surface area contributed by atoms with E-state index in [0.717, 1.165) is 19.1 Å². The summed E-state index contributed by atoms with van der Waals surface area (Å²) < 4.78 is 5.84. The Morgan fingerprint density at radius 1 is 1.47 bits per heavy atom. The Labute approximate surface area is 117 Å². The lowest BCUT2D eigenvalue weighted by Gasteiger charge is -2.55. The summed E-state index contributed by atoms with van der Waals surface area (Å²) in [5.74, 6) is 1.68. The van der Waals surface area contributed by atoms with E-state index < -0.39 is 0 Å². The first-order valence-corrected chi connectivity index (χ1v) is 7.58. The van der Waals surface area contributed by atoms with Gasteiger partial charge in [-0.15, -0.1) is 0 Å². The highest BCUT2D eigenvalue weighted by Gasteiger charge is 2.59. The molecule has 0 aromatic carbocycles. The van der Waals surface area contributed by atoms with E-state index in [2.05, 4.69) is 43.0 Å². The third-order valence-electron chi connectivity index (χ3n) is 4.81. The molecular formula is C15H29N3O. The molecule has 3 unspecified atom stereocenters. The third kappa shape index (κ3) is 2.60. The molecule has 2 rings (SSSR count). The van der Waals surface area contributed by atoms with E-state index in [-0.39, 0.29) is 5.41 Å². The number of rotatable bonds is 4. The summed E-state index contributed by atoms with van der Waals surface area (Å²) in [5.41, 5.74) is 0.211. The second-order valence-corrected chi connectivity index (χ2v) is 6.51. The van der Waals surface area contributed by atoms with Crippen molar-refractivity contribution in [3.05, 3.63) is 0 Å². The standard InChI is InChI=1S/C15H29N3O/c1-6-7-9-18(5)14(16-4)17-12-11-8-10-19-13(11)15(12,2)3/h11-13H,6-10H2,1-5H3,(H,16,17). The second-order valence-electron chi connectivity index (χ2n) is 6.51. The second kappa shape index (κ2) is 5.70. The molecule has 0 aromatic heterocycles. The Hall–Kier alpha value is -0.770. The molecule has 2 aliphatic rings. The first-order valence-electron chi connectivity index (χ1n) is 7.58. The fraction of sp³-hybridized carbons (Fsp3) is 0.933. The Bertz CT molecular complexity index is 340. The van der Waals surface area contributed by atoms with E-state index >= 15 is 0 Å². The number of nitrogens with one attached hydrogen (secondary N) is 1. The van der Waals surface area contributed by atoms with Gasteiger partial charge in [0, 0.05) is 44.6 Å². The zero-order chi connectivity index (χ0) is 14.0. The predicted molar refractivity (Wildman–Crippen MR) is 79.4 cm³/mol. The van der Waals surface area contributed by atoms with Gasteiger partial charge in [0.2, 0.25) is 0 Å². The van der Waals surface area contributed by atoms with Gasteiger partial charge in [-0.1, -0.05) is 27.2 Å². The highest BCUT2D eigenvalue weighted by atomic mass is 16.5. The highest BCUT2D eigenvalue weighted by molar-refractivity contribution is 5.80. The fourth-order valence-corrected chi connectivity index (χ4v) is 3.60. The van der Waals surface area contributed by atoms with Gasteiger partial charge in [0.05, 0.1) is 6.10 Å². The van der Waals surface area contributed by atoms with Crippen molar-refractivity contribution in [1.29, 1.82) is 0 Å². The van der Waals surface area contributed by atoms with Crippen LogP contribution in [0.2, 0.25) is 0 Å². The molecule has 4 nitrogen and oxygen atoms in total. The Balaban J connectivity index is 1.95. The van der Waals surface area contributed by atoms with Crippen molar-refractivity contribution in [2.75, 3.05) is 27.2 Å². The molecule has 110 valence electrons. The monoisotopic (exact) mass is 267 g/mol. The molecule has 1 heterocycles.